The summed E-state index contributed by atoms with van der Waals surface area (Å²) in [6.07, 6.45) is 2.71. The molecule has 0 aromatic heterocycles. The molecule has 2 aromatic rings. The summed E-state index contributed by atoms with van der Waals surface area (Å²) in [4.78, 5) is 29.2. The highest BCUT2D eigenvalue weighted by Gasteiger charge is 2.25. The number of carbonyl (C=O) groups is 2. The fourth-order valence-electron chi connectivity index (χ4n) is 4.09. The number of piperidine rings is 1. The van der Waals surface area contributed by atoms with Crippen molar-refractivity contribution >= 4 is 11.8 Å². The van der Waals surface area contributed by atoms with E-state index in [9.17, 15) is 9.59 Å². The monoisotopic (exact) mass is 377 g/mol. The van der Waals surface area contributed by atoms with E-state index in [1.54, 1.807) is 0 Å². The van der Waals surface area contributed by atoms with Gasteiger partial charge in [0.2, 0.25) is 5.91 Å². The van der Waals surface area contributed by atoms with Crippen LogP contribution in [0.1, 0.15) is 34.3 Å². The smallest absolute Gasteiger partial charge is 0.251 e. The second-order valence-corrected chi connectivity index (χ2v) is 7.72. The quantitative estimate of drug-likeness (QED) is 0.891. The number of amides is 2. The number of nitrogens with zero attached hydrogens (tertiary/aromatic N) is 2. The van der Waals surface area contributed by atoms with E-state index >= 15 is 0 Å². The molecule has 2 aliphatic heterocycles. The summed E-state index contributed by atoms with van der Waals surface area (Å²) in [5.41, 5.74) is 3.33. The molecule has 5 heteroatoms. The van der Waals surface area contributed by atoms with Crippen molar-refractivity contribution in [2.24, 2.45) is 0 Å². The van der Waals surface area contributed by atoms with Crippen LogP contribution in [0.25, 0.3) is 0 Å². The molecule has 2 aromatic carbocycles. The van der Waals surface area contributed by atoms with Crippen molar-refractivity contribution in [1.29, 1.82) is 0 Å². The van der Waals surface area contributed by atoms with Gasteiger partial charge in [-0.1, -0.05) is 42.5 Å². The number of likely N-dealkylation sites (tertiary alicyclic amines) is 1. The minimum Gasteiger partial charge on any atom is -0.349 e. The predicted molar refractivity (Wildman–Crippen MR) is 109 cm³/mol. The van der Waals surface area contributed by atoms with Crippen LogP contribution in [0.4, 0.5) is 0 Å². The van der Waals surface area contributed by atoms with Gasteiger partial charge in [0.25, 0.3) is 5.91 Å². The van der Waals surface area contributed by atoms with Crippen molar-refractivity contribution in [1.82, 2.24) is 15.1 Å². The molecule has 1 saturated heterocycles. The van der Waals surface area contributed by atoms with Gasteiger partial charge in [-0.3, -0.25) is 14.5 Å². The zero-order valence-electron chi connectivity index (χ0n) is 16.1. The molecular weight excluding hydrogens is 350 g/mol. The van der Waals surface area contributed by atoms with Gasteiger partial charge in [-0.25, -0.2) is 0 Å². The van der Waals surface area contributed by atoms with Crippen molar-refractivity contribution in [3.05, 3.63) is 71.3 Å². The topological polar surface area (TPSA) is 52.7 Å². The van der Waals surface area contributed by atoms with Gasteiger partial charge in [0.05, 0.1) is 6.54 Å². The Morgan fingerprint density at radius 3 is 2.32 bits per heavy atom. The molecule has 0 spiro atoms. The zero-order chi connectivity index (χ0) is 19.3. The van der Waals surface area contributed by atoms with Gasteiger partial charge in [0, 0.05) is 37.8 Å². The van der Waals surface area contributed by atoms with Crippen molar-refractivity contribution in [3.63, 3.8) is 0 Å². The van der Waals surface area contributed by atoms with E-state index in [0.717, 1.165) is 45.4 Å². The summed E-state index contributed by atoms with van der Waals surface area (Å²) in [5, 5.41) is 3.12. The van der Waals surface area contributed by atoms with Gasteiger partial charge in [0.1, 0.15) is 0 Å². The van der Waals surface area contributed by atoms with Crippen LogP contribution in [-0.2, 0) is 17.8 Å². The predicted octanol–water partition coefficient (Wildman–Crippen LogP) is 2.47. The third-order valence-corrected chi connectivity index (χ3v) is 5.80. The van der Waals surface area contributed by atoms with Crippen LogP contribution in [0.2, 0.25) is 0 Å². The second kappa shape index (κ2) is 8.57. The van der Waals surface area contributed by atoms with Crippen LogP contribution in [0.3, 0.4) is 0 Å². The Kier molecular flexibility index (Phi) is 5.72. The Morgan fingerprint density at radius 1 is 0.893 bits per heavy atom. The lowest BCUT2D eigenvalue weighted by Crippen LogP contribution is -2.48. The van der Waals surface area contributed by atoms with Crippen LogP contribution in [-0.4, -0.2) is 53.8 Å². The maximum absolute atomic E-state index is 12.7. The lowest BCUT2D eigenvalue weighted by molar-refractivity contribution is -0.133. The Balaban J connectivity index is 1.23. The highest BCUT2D eigenvalue weighted by Crippen LogP contribution is 2.19. The molecule has 5 nitrogen and oxygen atoms in total. The van der Waals surface area contributed by atoms with Gasteiger partial charge in [0.15, 0.2) is 0 Å². The van der Waals surface area contributed by atoms with Gasteiger partial charge in [-0.05, 0) is 42.5 Å². The van der Waals surface area contributed by atoms with Crippen LogP contribution in [0.15, 0.2) is 54.6 Å². The molecule has 1 fully saturated rings. The van der Waals surface area contributed by atoms with Crippen LogP contribution >= 0.6 is 0 Å². The van der Waals surface area contributed by atoms with Crippen LogP contribution in [0, 0.1) is 0 Å². The molecule has 0 saturated carbocycles. The average Bonchev–Trinajstić information content (AvgIpc) is 2.75. The molecular formula is C23H27N3O2. The van der Waals surface area contributed by atoms with Gasteiger partial charge >= 0.3 is 0 Å². The molecule has 1 N–H and O–H groups in total. The lowest BCUT2D eigenvalue weighted by Gasteiger charge is -2.34. The van der Waals surface area contributed by atoms with Crippen LogP contribution in [0.5, 0.6) is 0 Å². The molecule has 0 aliphatic carbocycles. The van der Waals surface area contributed by atoms with E-state index in [2.05, 4.69) is 28.4 Å². The zero-order valence-corrected chi connectivity index (χ0v) is 16.1. The van der Waals surface area contributed by atoms with Gasteiger partial charge < -0.3 is 10.2 Å². The standard InChI is InChI=1S/C23H27N3O2/c27-22(26-15-10-18-6-4-5-9-20(18)16-26)17-25-13-11-21(12-14-25)24-23(28)19-7-2-1-3-8-19/h1-9,21H,10-17H2,(H,24,28). The number of benzene rings is 2. The first-order valence-electron chi connectivity index (χ1n) is 10.1. The summed E-state index contributed by atoms with van der Waals surface area (Å²) in [7, 11) is 0. The van der Waals surface area contributed by atoms with Crippen molar-refractivity contribution in [2.75, 3.05) is 26.2 Å². The molecule has 146 valence electrons. The fourth-order valence-corrected chi connectivity index (χ4v) is 4.09. The summed E-state index contributed by atoms with van der Waals surface area (Å²) in [5.74, 6) is 0.198. The molecule has 2 amide bonds. The molecule has 0 atom stereocenters. The fraction of sp³-hybridized carbons (Fsp3) is 0.391. The number of fused-ring (bicyclic) bond motifs is 1. The van der Waals surface area contributed by atoms with Crippen molar-refractivity contribution < 1.29 is 9.59 Å². The van der Waals surface area contributed by atoms with Gasteiger partial charge in [-0.2, -0.15) is 0 Å². The minimum atomic E-state index is -0.0119. The molecule has 2 heterocycles. The molecule has 2 aliphatic rings. The number of rotatable bonds is 4. The third-order valence-electron chi connectivity index (χ3n) is 5.80. The summed E-state index contributed by atoms with van der Waals surface area (Å²) in [6.45, 7) is 3.69. The Bertz CT molecular complexity index is 829. The van der Waals surface area contributed by atoms with Gasteiger partial charge in [-0.15, -0.1) is 0 Å². The maximum Gasteiger partial charge on any atom is 0.251 e. The lowest BCUT2D eigenvalue weighted by atomic mass is 10.00. The summed E-state index contributed by atoms with van der Waals surface area (Å²) >= 11 is 0. The number of nitrogens with one attached hydrogen (secondary N) is 1. The highest BCUT2D eigenvalue weighted by atomic mass is 16.2. The molecule has 28 heavy (non-hydrogen) atoms. The Labute approximate surface area is 166 Å². The summed E-state index contributed by atoms with van der Waals surface area (Å²) < 4.78 is 0. The first-order valence-corrected chi connectivity index (χ1v) is 10.1. The van der Waals surface area contributed by atoms with Crippen LogP contribution < -0.4 is 5.32 Å². The average molecular weight is 377 g/mol. The van der Waals surface area contributed by atoms with Crippen molar-refractivity contribution in [2.45, 2.75) is 31.8 Å². The number of carbonyl (C=O) groups excluding carboxylic acids is 2. The van der Waals surface area contributed by atoms with Crippen molar-refractivity contribution in [3.8, 4) is 0 Å². The molecule has 0 bridgehead atoms. The van der Waals surface area contributed by atoms with E-state index in [1.165, 1.54) is 11.1 Å². The molecule has 0 unspecified atom stereocenters. The normalized spacial score (nSPS) is 17.8. The first-order chi connectivity index (χ1) is 13.7. The highest BCUT2D eigenvalue weighted by molar-refractivity contribution is 5.94. The molecule has 4 rings (SSSR count). The largest absolute Gasteiger partial charge is 0.349 e. The second-order valence-electron chi connectivity index (χ2n) is 7.72. The number of hydrogen-bond acceptors (Lipinski definition) is 3. The maximum atomic E-state index is 12.7. The van der Waals surface area contributed by atoms with E-state index in [0.29, 0.717) is 12.1 Å². The SMILES string of the molecule is O=C(NC1CCN(CC(=O)N2CCc3ccccc3C2)CC1)c1ccccc1. The van der Waals surface area contributed by atoms with E-state index in [1.807, 2.05) is 41.3 Å². The third kappa shape index (κ3) is 4.42. The Hall–Kier alpha value is -2.66. The van der Waals surface area contributed by atoms with E-state index in [4.69, 9.17) is 0 Å². The number of hydrogen-bond donors (Lipinski definition) is 1. The van der Waals surface area contributed by atoms with E-state index in [-0.39, 0.29) is 17.9 Å². The Morgan fingerprint density at radius 2 is 1.57 bits per heavy atom. The summed E-state index contributed by atoms with van der Waals surface area (Å²) in [6, 6.07) is 17.9. The minimum absolute atomic E-state index is 0.0119. The first kappa shape index (κ1) is 18.7. The van der Waals surface area contributed by atoms with E-state index < -0.39 is 0 Å². The molecule has 0 radical (unpaired) electrons.